The largest absolute Gasteiger partial charge is 0.496 e. The summed E-state index contributed by atoms with van der Waals surface area (Å²) < 4.78 is 26.0. The number of hydrogen-bond donors (Lipinski definition) is 0. The average Bonchev–Trinajstić information content (AvgIpc) is 3.12. The van der Waals surface area contributed by atoms with Crippen LogP contribution in [0.4, 0.5) is 4.39 Å². The second-order valence-electron chi connectivity index (χ2n) is 10.00. The molecule has 7 nitrogen and oxygen atoms in total. The van der Waals surface area contributed by atoms with Crippen LogP contribution in [0.2, 0.25) is 0 Å². The smallest absolute Gasteiger partial charge is 0.399 e. The molecule has 42 heavy (non-hydrogen) atoms. The topological polar surface area (TPSA) is 105 Å². The minimum atomic E-state index is -0.435. The summed E-state index contributed by atoms with van der Waals surface area (Å²) in [7, 11) is 9.61. The molecule has 5 radical (unpaired) electrons. The van der Waals surface area contributed by atoms with Gasteiger partial charge in [0.25, 0.3) is 0 Å². The van der Waals surface area contributed by atoms with Gasteiger partial charge >= 0.3 is 7.12 Å². The predicted octanol–water partition coefficient (Wildman–Crippen LogP) is 5.12. The molecule has 0 unspecified atom stereocenters. The molecule has 0 aromatic carbocycles. The van der Waals surface area contributed by atoms with Crippen LogP contribution in [0.25, 0.3) is 0 Å². The highest BCUT2D eigenvalue weighted by molar-refractivity contribution is 9.10. The molecular formula is C28H31B4Br2FN5O2. The van der Waals surface area contributed by atoms with Gasteiger partial charge in [-0.15, -0.1) is 0 Å². The average molecular weight is 692 g/mol. The minimum absolute atomic E-state index is 0.324. The van der Waals surface area contributed by atoms with Crippen LogP contribution >= 0.6 is 31.9 Å². The van der Waals surface area contributed by atoms with Gasteiger partial charge in [0, 0.05) is 42.6 Å². The fourth-order valence-electron chi connectivity index (χ4n) is 3.31. The summed E-state index contributed by atoms with van der Waals surface area (Å²) in [5.74, 6) is -0.435. The third-order valence-corrected chi connectivity index (χ3v) is 7.95. The van der Waals surface area contributed by atoms with Crippen molar-refractivity contribution in [3.05, 3.63) is 79.8 Å². The molecule has 1 aliphatic rings. The van der Waals surface area contributed by atoms with E-state index in [0.717, 1.165) is 44.2 Å². The number of nitriles is 2. The Bertz CT molecular complexity index is 1400. The van der Waals surface area contributed by atoms with Gasteiger partial charge < -0.3 is 9.31 Å². The zero-order chi connectivity index (χ0) is 32.1. The number of hydrogen-bond acceptors (Lipinski definition) is 7. The Labute approximate surface area is 269 Å². The second-order valence-corrected chi connectivity index (χ2v) is 11.7. The third-order valence-electron chi connectivity index (χ3n) is 6.28. The van der Waals surface area contributed by atoms with E-state index >= 15 is 0 Å². The molecule has 3 aromatic heterocycles. The number of rotatable bonds is 3. The lowest BCUT2D eigenvalue weighted by molar-refractivity contribution is 0.00578. The van der Waals surface area contributed by atoms with Gasteiger partial charge in [0.05, 0.1) is 59.0 Å². The van der Waals surface area contributed by atoms with Crippen molar-refractivity contribution in [2.24, 2.45) is 0 Å². The first-order chi connectivity index (χ1) is 19.6. The number of aromatic nitrogens is 3. The van der Waals surface area contributed by atoms with E-state index in [4.69, 9.17) is 19.8 Å². The molecule has 0 saturated carbocycles. The summed E-state index contributed by atoms with van der Waals surface area (Å²) in [6.07, 6.45) is 0.707. The fourth-order valence-corrected chi connectivity index (χ4v) is 3.75. The molecule has 1 aliphatic heterocycles. The van der Waals surface area contributed by atoms with Crippen LogP contribution < -0.4 is 5.46 Å². The summed E-state index contributed by atoms with van der Waals surface area (Å²) >= 11 is 6.54. The summed E-state index contributed by atoms with van der Waals surface area (Å²) in [5.41, 5.74) is 4.29. The zero-order valence-electron chi connectivity index (χ0n) is 24.9. The number of halogens is 3. The fraction of sp³-hybridized carbons (Fsp3) is 0.393. The maximum Gasteiger partial charge on any atom is 0.496 e. The van der Waals surface area contributed by atoms with Gasteiger partial charge in [0.1, 0.15) is 0 Å². The number of nitrogens with zero attached hydrogens (tertiary/aromatic N) is 5. The van der Waals surface area contributed by atoms with Gasteiger partial charge in [0.15, 0.2) is 0 Å². The van der Waals surface area contributed by atoms with Crippen LogP contribution in [0.15, 0.2) is 45.3 Å². The molecule has 1 fully saturated rings. The molecule has 4 heterocycles. The third kappa shape index (κ3) is 11.6. The molecule has 213 valence electrons. The van der Waals surface area contributed by atoms with Gasteiger partial charge in [-0.1, -0.05) is 6.07 Å². The SMILES string of the molecule is Cc1nc(CC#N)ccc1B1OC(C)(C)C(C)(C)O1.Cc1nc(CC#N)ccc1Br.Cc1nc(F)ccc1Br.[B][B][B]. The Hall–Kier alpha value is -2.50. The Kier molecular flexibility index (Phi) is 15.7. The van der Waals surface area contributed by atoms with Crippen molar-refractivity contribution in [3.63, 3.8) is 0 Å². The van der Waals surface area contributed by atoms with E-state index in [1.165, 1.54) is 6.07 Å². The van der Waals surface area contributed by atoms with Crippen molar-refractivity contribution in [1.29, 1.82) is 10.5 Å². The summed E-state index contributed by atoms with van der Waals surface area (Å²) in [6.45, 7) is 13.7. The van der Waals surface area contributed by atoms with E-state index in [2.05, 4.69) is 74.4 Å². The first kappa shape index (κ1) is 37.5. The van der Waals surface area contributed by atoms with Crippen LogP contribution in [0.3, 0.4) is 0 Å². The summed E-state index contributed by atoms with van der Waals surface area (Å²) in [5, 5.41) is 17.1. The molecular weight excluding hydrogens is 660 g/mol. The van der Waals surface area contributed by atoms with E-state index in [1.807, 2.05) is 65.8 Å². The Balaban J connectivity index is 0.000000325. The quantitative estimate of drug-likeness (QED) is 0.278. The van der Waals surface area contributed by atoms with E-state index < -0.39 is 13.1 Å². The molecule has 0 amide bonds. The highest BCUT2D eigenvalue weighted by Gasteiger charge is 2.52. The van der Waals surface area contributed by atoms with Gasteiger partial charge in [-0.25, -0.2) is 4.98 Å². The first-order valence-corrected chi connectivity index (χ1v) is 14.4. The molecule has 3 aromatic rings. The van der Waals surface area contributed by atoms with Crippen LogP contribution in [0.1, 0.15) is 56.2 Å². The number of aryl methyl sites for hydroxylation is 3. The van der Waals surface area contributed by atoms with Crippen LogP contribution in [0.5, 0.6) is 0 Å². The molecule has 0 N–H and O–H groups in total. The van der Waals surface area contributed by atoms with Gasteiger partial charge in [-0.2, -0.15) is 14.9 Å². The standard InChI is InChI=1S/C14H19BN2O2.C8H7BrN2.C6H5BrFN.B3/c1-10-12(7-6-11(17-10)8-9-16)15-18-13(2,3)14(4,5)19-15;1-6-8(9)3-2-7(11-6)4-5-10;1-4-5(7)2-3-6(8)9-4;1-3-2/h6-7H,8H2,1-5H3;2-3H,4H2,1H3;2-3H,1H3;. The normalized spacial score (nSPS) is 14.0. The van der Waals surface area contributed by atoms with Gasteiger partial charge in [0.2, 0.25) is 5.95 Å². The van der Waals surface area contributed by atoms with Crippen LogP contribution in [-0.4, -0.2) is 55.8 Å². The van der Waals surface area contributed by atoms with E-state index in [1.54, 1.807) is 13.0 Å². The number of pyridine rings is 3. The van der Waals surface area contributed by atoms with Gasteiger partial charge in [-0.3, -0.25) is 9.97 Å². The molecule has 14 heteroatoms. The van der Waals surface area contributed by atoms with Gasteiger partial charge in [-0.05, 0) is 111 Å². The Morgan fingerprint density at radius 3 is 1.57 bits per heavy atom. The zero-order valence-corrected chi connectivity index (χ0v) is 28.0. The van der Waals surface area contributed by atoms with Crippen molar-refractivity contribution in [2.45, 2.75) is 72.5 Å². The highest BCUT2D eigenvalue weighted by atomic mass is 79.9. The second kappa shape index (κ2) is 17.6. The maximum absolute atomic E-state index is 12.2. The maximum atomic E-state index is 12.2. The molecule has 4 rings (SSSR count). The van der Waals surface area contributed by atoms with E-state index in [0.29, 0.717) is 18.5 Å². The summed E-state index contributed by atoms with van der Waals surface area (Å²) in [6, 6.07) is 14.7. The molecule has 1 saturated heterocycles. The van der Waals surface area contributed by atoms with Crippen molar-refractivity contribution in [3.8, 4) is 12.1 Å². The van der Waals surface area contributed by atoms with E-state index in [-0.39, 0.29) is 11.2 Å². The molecule has 0 bridgehead atoms. The van der Waals surface area contributed by atoms with Crippen molar-refractivity contribution in [1.82, 2.24) is 15.0 Å². The Morgan fingerprint density at radius 1 is 0.786 bits per heavy atom. The van der Waals surface area contributed by atoms with E-state index in [9.17, 15) is 4.39 Å². The van der Waals surface area contributed by atoms with Crippen molar-refractivity contribution in [2.75, 3.05) is 0 Å². The lowest BCUT2D eigenvalue weighted by atomic mass is 9.40. The van der Waals surface area contributed by atoms with Crippen molar-refractivity contribution >= 4 is 67.0 Å². The molecule has 0 aliphatic carbocycles. The molecule has 0 atom stereocenters. The lowest BCUT2D eigenvalue weighted by Gasteiger charge is -2.32. The van der Waals surface area contributed by atoms with Crippen LogP contribution in [-0.2, 0) is 22.2 Å². The molecule has 0 spiro atoms. The van der Waals surface area contributed by atoms with Crippen molar-refractivity contribution < 1.29 is 13.7 Å². The highest BCUT2D eigenvalue weighted by Crippen LogP contribution is 2.36. The first-order valence-electron chi connectivity index (χ1n) is 12.8. The predicted molar refractivity (Wildman–Crippen MR) is 174 cm³/mol. The Morgan fingerprint density at radius 2 is 1.19 bits per heavy atom. The lowest BCUT2D eigenvalue weighted by Crippen LogP contribution is -2.41. The monoisotopic (exact) mass is 690 g/mol. The van der Waals surface area contributed by atoms with Crippen LogP contribution in [0, 0.1) is 49.4 Å². The minimum Gasteiger partial charge on any atom is -0.399 e. The summed E-state index contributed by atoms with van der Waals surface area (Å²) in [4.78, 5) is 12.2.